The Labute approximate surface area is 167 Å². The molecule has 0 spiro atoms. The van der Waals surface area contributed by atoms with Gasteiger partial charge in [0, 0.05) is 20.3 Å². The second-order valence-electron chi connectivity index (χ2n) is 5.48. The zero-order valence-electron chi connectivity index (χ0n) is 12.4. The van der Waals surface area contributed by atoms with Crippen LogP contribution in [0.5, 0.6) is 0 Å². The minimum absolute atomic E-state index is 0.515. The van der Waals surface area contributed by atoms with Gasteiger partial charge in [-0.1, -0.05) is 100 Å². The molecule has 0 nitrogen and oxygen atoms in total. The van der Waals surface area contributed by atoms with Crippen LogP contribution in [0.25, 0.3) is 10.8 Å². The predicted molar refractivity (Wildman–Crippen MR) is 114 cm³/mol. The van der Waals surface area contributed by atoms with Crippen LogP contribution in [-0.2, 0) is 12.8 Å². The molecule has 0 amide bonds. The van der Waals surface area contributed by atoms with E-state index in [4.69, 9.17) is 0 Å². The second kappa shape index (κ2) is 9.80. The normalized spacial score (nSPS) is 14.2. The Balaban J connectivity index is 2.36. The van der Waals surface area contributed by atoms with E-state index < -0.39 is 0 Å². The third-order valence-corrected chi connectivity index (χ3v) is 6.33. The van der Waals surface area contributed by atoms with E-state index in [1.807, 2.05) is 0 Å². The maximum atomic E-state index is 3.84. The number of fused-ring (bicyclic) bond motifs is 1. The maximum Gasteiger partial charge on any atom is 0.0194 e. The van der Waals surface area contributed by atoms with E-state index in [1.54, 1.807) is 0 Å². The minimum atomic E-state index is 0.515. The van der Waals surface area contributed by atoms with Crippen molar-refractivity contribution in [1.82, 2.24) is 0 Å². The van der Waals surface area contributed by atoms with Gasteiger partial charge in [-0.3, -0.25) is 0 Å². The molecule has 2 aromatic carbocycles. The molecule has 120 valence electrons. The van der Waals surface area contributed by atoms with Crippen molar-refractivity contribution in [3.05, 3.63) is 47.5 Å². The van der Waals surface area contributed by atoms with E-state index in [2.05, 4.69) is 100 Å². The Hall–Kier alpha value is 0.620. The molecule has 0 saturated heterocycles. The Kier molecular flexibility index (Phi) is 8.45. The van der Waals surface area contributed by atoms with Crippen LogP contribution in [0.15, 0.2) is 36.4 Å². The largest absolute Gasteiger partial charge is 0.0928 e. The molecule has 0 aliphatic rings. The van der Waals surface area contributed by atoms with Gasteiger partial charge >= 0.3 is 0 Å². The first-order valence-corrected chi connectivity index (χ1v) is 11.6. The fraction of sp³-hybridized carbons (Fsp3) is 0.444. The van der Waals surface area contributed by atoms with Crippen molar-refractivity contribution >= 4 is 74.5 Å². The first-order chi connectivity index (χ1) is 10.7. The molecule has 0 aromatic heterocycles. The second-order valence-corrected chi connectivity index (χ2v) is 9.66. The summed E-state index contributed by atoms with van der Waals surface area (Å²) in [6.07, 6.45) is 4.45. The zero-order chi connectivity index (χ0) is 15.9. The molecular weight excluding hydrogens is 536 g/mol. The monoisotopic (exact) mass is 552 g/mol. The molecular formula is C18H20Br4. The van der Waals surface area contributed by atoms with Crippen molar-refractivity contribution in [3.8, 4) is 0 Å². The van der Waals surface area contributed by atoms with E-state index in [0.29, 0.717) is 9.65 Å². The highest BCUT2D eigenvalue weighted by Crippen LogP contribution is 2.29. The Bertz CT molecular complexity index is 597. The van der Waals surface area contributed by atoms with Crippen LogP contribution in [0.2, 0.25) is 0 Å². The van der Waals surface area contributed by atoms with Gasteiger partial charge in [0.2, 0.25) is 0 Å². The number of hydrogen-bond donors (Lipinski definition) is 0. The number of benzene rings is 2. The maximum absolute atomic E-state index is 3.84. The molecule has 2 unspecified atom stereocenters. The summed E-state index contributed by atoms with van der Waals surface area (Å²) >= 11 is 14.8. The van der Waals surface area contributed by atoms with E-state index in [-0.39, 0.29) is 0 Å². The lowest BCUT2D eigenvalue weighted by atomic mass is 9.92. The van der Waals surface area contributed by atoms with Crippen LogP contribution in [0.1, 0.15) is 24.0 Å². The summed E-state index contributed by atoms with van der Waals surface area (Å²) in [6, 6.07) is 13.3. The Morgan fingerprint density at radius 2 is 1.41 bits per heavy atom. The summed E-state index contributed by atoms with van der Waals surface area (Å²) < 4.78 is 0. The topological polar surface area (TPSA) is 0 Å². The molecule has 0 N–H and O–H groups in total. The molecule has 0 aliphatic carbocycles. The van der Waals surface area contributed by atoms with Crippen molar-refractivity contribution in [1.29, 1.82) is 0 Å². The summed E-state index contributed by atoms with van der Waals surface area (Å²) in [4.78, 5) is 1.04. The van der Waals surface area contributed by atoms with Crippen LogP contribution in [0.3, 0.4) is 0 Å². The lowest BCUT2D eigenvalue weighted by Gasteiger charge is -2.18. The lowest BCUT2D eigenvalue weighted by molar-refractivity contribution is 0.805. The fourth-order valence-electron chi connectivity index (χ4n) is 2.71. The van der Waals surface area contributed by atoms with Crippen LogP contribution in [0.4, 0.5) is 0 Å². The highest BCUT2D eigenvalue weighted by Gasteiger charge is 2.14. The zero-order valence-corrected chi connectivity index (χ0v) is 18.7. The Morgan fingerprint density at radius 1 is 0.773 bits per heavy atom. The molecule has 0 bridgehead atoms. The average molecular weight is 556 g/mol. The number of halogens is 4. The minimum Gasteiger partial charge on any atom is -0.0928 e. The smallest absolute Gasteiger partial charge is 0.0194 e. The van der Waals surface area contributed by atoms with Gasteiger partial charge in [-0.15, -0.1) is 0 Å². The number of hydrogen-bond acceptors (Lipinski definition) is 0. The molecule has 0 heterocycles. The first kappa shape index (κ1) is 19.0. The van der Waals surface area contributed by atoms with Crippen LogP contribution in [-0.4, -0.2) is 20.3 Å². The van der Waals surface area contributed by atoms with Gasteiger partial charge in [-0.05, 0) is 47.6 Å². The van der Waals surface area contributed by atoms with Crippen LogP contribution in [0, 0.1) is 0 Å². The van der Waals surface area contributed by atoms with Gasteiger partial charge in [0.1, 0.15) is 0 Å². The van der Waals surface area contributed by atoms with E-state index >= 15 is 0 Å². The standard InChI is InChI=1S/C18H20Br4/c19-9-7-15(21)11-14-6-5-13-3-1-2-4-17(13)18(14)12-16(22)8-10-20/h1-6,15-16H,7-12H2. The summed E-state index contributed by atoms with van der Waals surface area (Å²) in [5.41, 5.74) is 2.97. The fourth-order valence-corrected chi connectivity index (χ4v) is 6.18. The van der Waals surface area contributed by atoms with E-state index in [1.165, 1.54) is 21.9 Å². The van der Waals surface area contributed by atoms with Crippen LogP contribution >= 0.6 is 63.7 Å². The molecule has 0 fully saturated rings. The van der Waals surface area contributed by atoms with Crippen LogP contribution < -0.4 is 0 Å². The molecule has 4 heteroatoms. The van der Waals surface area contributed by atoms with Gasteiger partial charge in [-0.2, -0.15) is 0 Å². The molecule has 0 aliphatic heterocycles. The highest BCUT2D eigenvalue weighted by atomic mass is 79.9. The van der Waals surface area contributed by atoms with Crippen molar-refractivity contribution in [3.63, 3.8) is 0 Å². The molecule has 22 heavy (non-hydrogen) atoms. The van der Waals surface area contributed by atoms with Gasteiger partial charge in [-0.25, -0.2) is 0 Å². The van der Waals surface area contributed by atoms with Crippen molar-refractivity contribution in [2.75, 3.05) is 10.7 Å². The van der Waals surface area contributed by atoms with Gasteiger partial charge < -0.3 is 0 Å². The molecule has 0 radical (unpaired) electrons. The quantitative estimate of drug-likeness (QED) is 0.307. The van der Waals surface area contributed by atoms with Gasteiger partial charge in [0.25, 0.3) is 0 Å². The van der Waals surface area contributed by atoms with E-state index in [0.717, 1.165) is 36.3 Å². The van der Waals surface area contributed by atoms with E-state index in [9.17, 15) is 0 Å². The lowest BCUT2D eigenvalue weighted by Crippen LogP contribution is -2.10. The third kappa shape index (κ3) is 5.32. The summed E-state index contributed by atoms with van der Waals surface area (Å²) in [5, 5.41) is 4.81. The third-order valence-electron chi connectivity index (χ3n) is 3.85. The molecule has 2 aromatic rings. The summed E-state index contributed by atoms with van der Waals surface area (Å²) in [5.74, 6) is 0. The molecule has 2 atom stereocenters. The SMILES string of the molecule is BrCCC(Br)Cc1ccc2ccccc2c1CC(Br)CCBr. The summed E-state index contributed by atoms with van der Waals surface area (Å²) in [7, 11) is 0. The first-order valence-electron chi connectivity index (χ1n) is 7.55. The average Bonchev–Trinajstić information content (AvgIpc) is 2.50. The number of alkyl halides is 4. The van der Waals surface area contributed by atoms with Crippen molar-refractivity contribution in [2.24, 2.45) is 0 Å². The molecule has 2 rings (SSSR count). The summed E-state index contributed by atoms with van der Waals surface area (Å²) in [6.45, 7) is 0. The molecule has 0 saturated carbocycles. The van der Waals surface area contributed by atoms with Crippen molar-refractivity contribution in [2.45, 2.75) is 35.3 Å². The van der Waals surface area contributed by atoms with Crippen molar-refractivity contribution < 1.29 is 0 Å². The Morgan fingerprint density at radius 3 is 2.09 bits per heavy atom. The number of rotatable bonds is 8. The predicted octanol–water partition coefficient (Wildman–Crippen LogP) is 7.02. The van der Waals surface area contributed by atoms with Gasteiger partial charge in [0.15, 0.2) is 0 Å². The highest BCUT2D eigenvalue weighted by molar-refractivity contribution is 9.10. The van der Waals surface area contributed by atoms with Gasteiger partial charge in [0.05, 0.1) is 0 Å².